The minimum atomic E-state index is -0.489. The van der Waals surface area contributed by atoms with E-state index in [-0.39, 0.29) is 17.3 Å². The third-order valence-corrected chi connectivity index (χ3v) is 4.81. The first kappa shape index (κ1) is 20.8. The van der Waals surface area contributed by atoms with Gasteiger partial charge in [0.25, 0.3) is 11.4 Å². The summed E-state index contributed by atoms with van der Waals surface area (Å²) in [5, 5.41) is 22.2. The Balaban J connectivity index is 1.64. The maximum atomic E-state index is 12.5. The molecule has 0 N–H and O–H groups in total. The molecular weight excluding hydrogens is 392 g/mol. The molecule has 10 heteroatoms. The maximum absolute atomic E-state index is 12.5. The van der Waals surface area contributed by atoms with Crippen LogP contribution in [-0.2, 0) is 4.79 Å². The molecule has 0 atom stereocenters. The summed E-state index contributed by atoms with van der Waals surface area (Å²) >= 11 is 0. The van der Waals surface area contributed by atoms with Gasteiger partial charge >= 0.3 is 0 Å². The van der Waals surface area contributed by atoms with Gasteiger partial charge in [0.1, 0.15) is 11.4 Å². The van der Waals surface area contributed by atoms with Crippen molar-refractivity contribution in [3.8, 4) is 5.75 Å². The summed E-state index contributed by atoms with van der Waals surface area (Å²) in [4.78, 5) is 37.3. The molecule has 2 aromatic carbocycles. The number of carbonyl (C=O) groups excluding carboxylic acids is 1. The molecule has 0 unspecified atom stereocenters. The van der Waals surface area contributed by atoms with Crippen molar-refractivity contribution in [1.29, 1.82) is 0 Å². The van der Waals surface area contributed by atoms with E-state index in [1.54, 1.807) is 29.2 Å². The number of amides is 1. The molecule has 1 heterocycles. The summed E-state index contributed by atoms with van der Waals surface area (Å²) < 4.78 is 5.06. The van der Waals surface area contributed by atoms with Gasteiger partial charge in [0.05, 0.1) is 23.0 Å². The average Bonchev–Trinajstić information content (AvgIpc) is 2.77. The number of nitro groups is 2. The number of piperazine rings is 1. The minimum absolute atomic E-state index is 0.0419. The highest BCUT2D eigenvalue weighted by Crippen LogP contribution is 2.32. The van der Waals surface area contributed by atoms with Crippen molar-refractivity contribution >= 4 is 29.0 Å². The van der Waals surface area contributed by atoms with E-state index in [2.05, 4.69) is 0 Å². The number of hydrogen-bond acceptors (Lipinski definition) is 7. The van der Waals surface area contributed by atoms with Gasteiger partial charge in [0.2, 0.25) is 5.91 Å². The smallest absolute Gasteiger partial charge is 0.296 e. The van der Waals surface area contributed by atoms with Crippen LogP contribution < -0.4 is 9.64 Å². The standard InChI is InChI=1S/C20H20N4O6/c1-30-17-6-7-18(19(14-17)24(28)29)21-9-11-22(12-10-21)20(25)8-5-15-3-2-4-16(13-15)23(26)27/h2-8,13-14H,9-12H2,1H3. The van der Waals surface area contributed by atoms with Gasteiger partial charge in [0, 0.05) is 44.4 Å². The third kappa shape index (κ3) is 4.72. The van der Waals surface area contributed by atoms with Crippen molar-refractivity contribution in [2.45, 2.75) is 0 Å². The highest BCUT2D eigenvalue weighted by molar-refractivity contribution is 5.92. The predicted molar refractivity (Wildman–Crippen MR) is 111 cm³/mol. The lowest BCUT2D eigenvalue weighted by molar-refractivity contribution is -0.384. The van der Waals surface area contributed by atoms with Gasteiger partial charge in [-0.1, -0.05) is 12.1 Å². The second-order valence-corrected chi connectivity index (χ2v) is 6.61. The van der Waals surface area contributed by atoms with Crippen LogP contribution in [-0.4, -0.2) is 53.9 Å². The SMILES string of the molecule is COc1ccc(N2CCN(C(=O)C=Cc3cccc([N+](=O)[O-])c3)CC2)c([N+](=O)[O-])c1. The second-order valence-electron chi connectivity index (χ2n) is 6.61. The summed E-state index contributed by atoms with van der Waals surface area (Å²) in [5.74, 6) is 0.191. The predicted octanol–water partition coefficient (Wildman–Crippen LogP) is 2.87. The van der Waals surface area contributed by atoms with E-state index in [9.17, 15) is 25.0 Å². The lowest BCUT2D eigenvalue weighted by atomic mass is 10.1. The zero-order chi connectivity index (χ0) is 21.7. The normalized spacial score (nSPS) is 14.0. The Labute approximate surface area is 172 Å². The Bertz CT molecular complexity index is 999. The zero-order valence-corrected chi connectivity index (χ0v) is 16.3. The Morgan fingerprint density at radius 2 is 1.77 bits per heavy atom. The minimum Gasteiger partial charge on any atom is -0.496 e. The van der Waals surface area contributed by atoms with Crippen LogP contribution in [0, 0.1) is 20.2 Å². The molecule has 0 aromatic heterocycles. The van der Waals surface area contributed by atoms with Crippen molar-refractivity contribution in [3.05, 3.63) is 74.3 Å². The molecule has 3 rings (SSSR count). The van der Waals surface area contributed by atoms with Crippen LogP contribution >= 0.6 is 0 Å². The molecule has 0 bridgehead atoms. The number of rotatable bonds is 6. The van der Waals surface area contributed by atoms with Crippen LogP contribution in [0.4, 0.5) is 17.1 Å². The van der Waals surface area contributed by atoms with Gasteiger partial charge in [-0.05, 0) is 23.8 Å². The van der Waals surface area contributed by atoms with Crippen LogP contribution in [0.2, 0.25) is 0 Å². The number of anilines is 1. The van der Waals surface area contributed by atoms with Gasteiger partial charge in [-0.25, -0.2) is 0 Å². The summed E-state index contributed by atoms with van der Waals surface area (Å²) in [5.41, 5.74) is 0.962. The topological polar surface area (TPSA) is 119 Å². The van der Waals surface area contributed by atoms with Crippen molar-refractivity contribution in [3.63, 3.8) is 0 Å². The fourth-order valence-corrected chi connectivity index (χ4v) is 3.23. The number of hydrogen-bond donors (Lipinski definition) is 0. The van der Waals surface area contributed by atoms with Gasteiger partial charge in [-0.3, -0.25) is 25.0 Å². The fraction of sp³-hybridized carbons (Fsp3) is 0.250. The van der Waals surface area contributed by atoms with E-state index < -0.39 is 9.85 Å². The lowest BCUT2D eigenvalue weighted by Crippen LogP contribution is -2.48. The molecule has 1 amide bonds. The first-order chi connectivity index (χ1) is 14.4. The van der Waals surface area contributed by atoms with Gasteiger partial charge < -0.3 is 14.5 Å². The van der Waals surface area contributed by atoms with Crippen molar-refractivity contribution < 1.29 is 19.4 Å². The highest BCUT2D eigenvalue weighted by atomic mass is 16.6. The number of carbonyl (C=O) groups is 1. The summed E-state index contributed by atoms with van der Waals surface area (Å²) in [7, 11) is 1.45. The number of methoxy groups -OCH3 is 1. The molecule has 1 saturated heterocycles. The van der Waals surface area contributed by atoms with Gasteiger partial charge in [-0.15, -0.1) is 0 Å². The molecule has 0 saturated carbocycles. The average molecular weight is 412 g/mol. The molecule has 0 radical (unpaired) electrons. The van der Waals surface area contributed by atoms with Gasteiger partial charge in [0.15, 0.2) is 0 Å². The van der Waals surface area contributed by atoms with Gasteiger partial charge in [-0.2, -0.15) is 0 Å². The quantitative estimate of drug-likeness (QED) is 0.406. The van der Waals surface area contributed by atoms with Crippen LogP contribution in [0.5, 0.6) is 5.75 Å². The number of ether oxygens (including phenoxy) is 1. The zero-order valence-electron chi connectivity index (χ0n) is 16.3. The van der Waals surface area contributed by atoms with Crippen molar-refractivity contribution in [2.75, 3.05) is 38.2 Å². The molecule has 30 heavy (non-hydrogen) atoms. The van der Waals surface area contributed by atoms with E-state index in [4.69, 9.17) is 4.74 Å². The number of non-ortho nitro benzene ring substituents is 1. The monoisotopic (exact) mass is 412 g/mol. The summed E-state index contributed by atoms with van der Waals surface area (Å²) in [6, 6.07) is 10.7. The van der Waals surface area contributed by atoms with Crippen molar-refractivity contribution in [1.82, 2.24) is 4.90 Å². The molecule has 1 aliphatic heterocycles. The molecule has 1 fully saturated rings. The highest BCUT2D eigenvalue weighted by Gasteiger charge is 2.25. The molecule has 0 spiro atoms. The Hall–Kier alpha value is -3.95. The van der Waals surface area contributed by atoms with E-state index in [0.29, 0.717) is 43.2 Å². The largest absolute Gasteiger partial charge is 0.496 e. The lowest BCUT2D eigenvalue weighted by Gasteiger charge is -2.35. The van der Waals surface area contributed by atoms with E-state index in [0.717, 1.165) is 0 Å². The van der Waals surface area contributed by atoms with Crippen LogP contribution in [0.1, 0.15) is 5.56 Å². The molecule has 10 nitrogen and oxygen atoms in total. The first-order valence-corrected chi connectivity index (χ1v) is 9.18. The Morgan fingerprint density at radius 3 is 2.40 bits per heavy atom. The van der Waals surface area contributed by atoms with Crippen LogP contribution in [0.15, 0.2) is 48.5 Å². The molecule has 1 aliphatic rings. The fourth-order valence-electron chi connectivity index (χ4n) is 3.23. The molecule has 2 aromatic rings. The number of nitrogens with zero attached hydrogens (tertiary/aromatic N) is 4. The van der Waals surface area contributed by atoms with E-state index in [1.165, 1.54) is 37.5 Å². The van der Waals surface area contributed by atoms with E-state index >= 15 is 0 Å². The second kappa shape index (κ2) is 9.03. The summed E-state index contributed by atoms with van der Waals surface area (Å²) in [6.07, 6.45) is 2.92. The molecule has 0 aliphatic carbocycles. The first-order valence-electron chi connectivity index (χ1n) is 9.18. The van der Waals surface area contributed by atoms with Crippen LogP contribution in [0.3, 0.4) is 0 Å². The number of nitro benzene ring substituents is 2. The molecule has 156 valence electrons. The molecular formula is C20H20N4O6. The maximum Gasteiger partial charge on any atom is 0.296 e. The number of benzene rings is 2. The van der Waals surface area contributed by atoms with Crippen LogP contribution in [0.25, 0.3) is 6.08 Å². The van der Waals surface area contributed by atoms with Crippen molar-refractivity contribution in [2.24, 2.45) is 0 Å². The summed E-state index contributed by atoms with van der Waals surface area (Å²) in [6.45, 7) is 1.70. The Kier molecular flexibility index (Phi) is 6.26. The van der Waals surface area contributed by atoms with E-state index in [1.807, 2.05) is 4.90 Å². The third-order valence-electron chi connectivity index (χ3n) is 4.81. The Morgan fingerprint density at radius 1 is 1.03 bits per heavy atom.